The molecule has 5 nitrogen and oxygen atoms in total. The minimum absolute atomic E-state index is 0.0229. The molecule has 0 saturated heterocycles. The summed E-state index contributed by atoms with van der Waals surface area (Å²) in [6.45, 7) is 4.24. The lowest BCUT2D eigenvalue weighted by molar-refractivity contribution is -0.137. The van der Waals surface area contributed by atoms with Crippen molar-refractivity contribution < 1.29 is 14.7 Å². The molecular formula is C14H22N2O3S. The van der Waals surface area contributed by atoms with Gasteiger partial charge in [-0.25, -0.2) is 4.79 Å². The van der Waals surface area contributed by atoms with Crippen LogP contribution in [0.2, 0.25) is 0 Å². The van der Waals surface area contributed by atoms with Crippen LogP contribution in [0.4, 0.5) is 4.79 Å². The summed E-state index contributed by atoms with van der Waals surface area (Å²) in [7, 11) is 0. The van der Waals surface area contributed by atoms with Gasteiger partial charge in [0.15, 0.2) is 0 Å². The molecule has 1 heterocycles. The lowest BCUT2D eigenvalue weighted by Crippen LogP contribution is -2.39. The summed E-state index contributed by atoms with van der Waals surface area (Å²) in [5, 5.41) is 16.3. The van der Waals surface area contributed by atoms with E-state index in [1.807, 2.05) is 17.5 Å². The van der Waals surface area contributed by atoms with Gasteiger partial charge in [0.1, 0.15) is 0 Å². The van der Waals surface area contributed by atoms with E-state index in [2.05, 4.69) is 17.6 Å². The predicted octanol–water partition coefficient (Wildman–Crippen LogP) is 3.00. The highest BCUT2D eigenvalue weighted by molar-refractivity contribution is 7.10. The van der Waals surface area contributed by atoms with Crippen molar-refractivity contribution in [3.63, 3.8) is 0 Å². The standard InChI is InChI=1S/C14H22N2O3S/c1-3-5-11(12-6-4-7-20-12)16-14(19)15-9-10(2)8-13(17)18/h4,6-7,10-11H,3,5,8-9H2,1-2H3,(H,17,18)(H2,15,16,19). The molecule has 2 atom stereocenters. The van der Waals surface area contributed by atoms with Gasteiger partial charge in [-0.2, -0.15) is 0 Å². The van der Waals surface area contributed by atoms with Crippen LogP contribution in [-0.4, -0.2) is 23.7 Å². The van der Waals surface area contributed by atoms with Gasteiger partial charge in [-0.15, -0.1) is 11.3 Å². The van der Waals surface area contributed by atoms with Gasteiger partial charge in [0, 0.05) is 17.8 Å². The van der Waals surface area contributed by atoms with Crippen LogP contribution in [-0.2, 0) is 4.79 Å². The topological polar surface area (TPSA) is 78.4 Å². The number of carbonyl (C=O) groups is 2. The van der Waals surface area contributed by atoms with E-state index in [1.165, 1.54) is 0 Å². The molecule has 2 amide bonds. The second-order valence-corrected chi connectivity index (χ2v) is 5.89. The van der Waals surface area contributed by atoms with Gasteiger partial charge in [0.05, 0.1) is 6.04 Å². The highest BCUT2D eigenvalue weighted by Crippen LogP contribution is 2.22. The number of carboxylic acid groups (broad SMARTS) is 1. The number of hydrogen-bond donors (Lipinski definition) is 3. The van der Waals surface area contributed by atoms with Gasteiger partial charge in [0.25, 0.3) is 0 Å². The van der Waals surface area contributed by atoms with Gasteiger partial charge in [0.2, 0.25) is 0 Å². The van der Waals surface area contributed by atoms with Crippen LogP contribution in [0.15, 0.2) is 17.5 Å². The molecule has 0 aromatic carbocycles. The number of hydrogen-bond acceptors (Lipinski definition) is 3. The molecule has 1 aromatic heterocycles. The number of urea groups is 1. The summed E-state index contributed by atoms with van der Waals surface area (Å²) < 4.78 is 0. The van der Waals surface area contributed by atoms with Crippen LogP contribution < -0.4 is 10.6 Å². The highest BCUT2D eigenvalue weighted by atomic mass is 32.1. The predicted molar refractivity (Wildman–Crippen MR) is 79.9 cm³/mol. The molecule has 6 heteroatoms. The Hall–Kier alpha value is -1.56. The van der Waals surface area contributed by atoms with Gasteiger partial charge in [-0.1, -0.05) is 26.3 Å². The van der Waals surface area contributed by atoms with E-state index in [9.17, 15) is 9.59 Å². The van der Waals surface area contributed by atoms with Crippen LogP contribution in [0.3, 0.4) is 0 Å². The quantitative estimate of drug-likeness (QED) is 0.690. The van der Waals surface area contributed by atoms with E-state index in [0.717, 1.165) is 17.7 Å². The third-order valence-corrected chi connectivity index (χ3v) is 3.89. The van der Waals surface area contributed by atoms with Gasteiger partial charge in [-0.05, 0) is 23.8 Å². The summed E-state index contributed by atoms with van der Waals surface area (Å²) in [6.07, 6.45) is 1.93. The van der Waals surface area contributed by atoms with Crippen molar-refractivity contribution in [3.8, 4) is 0 Å². The maximum Gasteiger partial charge on any atom is 0.315 e. The minimum Gasteiger partial charge on any atom is -0.481 e. The zero-order valence-corrected chi connectivity index (χ0v) is 12.7. The Morgan fingerprint density at radius 1 is 1.45 bits per heavy atom. The fraction of sp³-hybridized carbons (Fsp3) is 0.571. The van der Waals surface area contributed by atoms with Crippen molar-refractivity contribution >= 4 is 23.3 Å². The fourth-order valence-corrected chi connectivity index (χ4v) is 2.72. The maximum atomic E-state index is 11.8. The molecule has 0 saturated carbocycles. The summed E-state index contributed by atoms with van der Waals surface area (Å²) >= 11 is 1.63. The highest BCUT2D eigenvalue weighted by Gasteiger charge is 2.15. The molecule has 2 unspecified atom stereocenters. The smallest absolute Gasteiger partial charge is 0.315 e. The van der Waals surface area contributed by atoms with E-state index in [1.54, 1.807) is 18.3 Å². The molecule has 1 rings (SSSR count). The first-order valence-electron chi connectivity index (χ1n) is 6.82. The third kappa shape index (κ3) is 6.06. The molecule has 112 valence electrons. The van der Waals surface area contributed by atoms with E-state index in [-0.39, 0.29) is 24.4 Å². The Morgan fingerprint density at radius 3 is 2.75 bits per heavy atom. The van der Waals surface area contributed by atoms with Crippen molar-refractivity contribution in [2.24, 2.45) is 5.92 Å². The van der Waals surface area contributed by atoms with Crippen LogP contribution in [0.5, 0.6) is 0 Å². The lowest BCUT2D eigenvalue weighted by Gasteiger charge is -2.18. The summed E-state index contributed by atoms with van der Waals surface area (Å²) in [5.41, 5.74) is 0. The number of carboxylic acids is 1. The molecule has 0 fully saturated rings. The maximum absolute atomic E-state index is 11.8. The monoisotopic (exact) mass is 298 g/mol. The summed E-state index contributed by atoms with van der Waals surface area (Å²) in [4.78, 5) is 23.5. The molecule has 0 spiro atoms. The van der Waals surface area contributed by atoms with E-state index < -0.39 is 5.97 Å². The van der Waals surface area contributed by atoms with Gasteiger partial charge in [-0.3, -0.25) is 4.79 Å². The Kier molecular flexibility index (Phi) is 7.08. The summed E-state index contributed by atoms with van der Waals surface area (Å²) in [6, 6.07) is 3.76. The molecule has 0 radical (unpaired) electrons. The number of carbonyl (C=O) groups excluding carboxylic acids is 1. The molecule has 0 aliphatic carbocycles. The lowest BCUT2D eigenvalue weighted by atomic mass is 10.1. The van der Waals surface area contributed by atoms with Crippen LogP contribution in [0.1, 0.15) is 44.0 Å². The normalized spacial score (nSPS) is 13.5. The molecule has 1 aromatic rings. The first-order chi connectivity index (χ1) is 9.52. The summed E-state index contributed by atoms with van der Waals surface area (Å²) in [5.74, 6) is -0.924. The number of amides is 2. The fourth-order valence-electron chi connectivity index (χ4n) is 1.91. The minimum atomic E-state index is -0.845. The Morgan fingerprint density at radius 2 is 2.20 bits per heavy atom. The third-order valence-electron chi connectivity index (χ3n) is 2.90. The average molecular weight is 298 g/mol. The van der Waals surface area contributed by atoms with Crippen molar-refractivity contribution in [1.82, 2.24) is 10.6 Å². The molecular weight excluding hydrogens is 276 g/mol. The van der Waals surface area contributed by atoms with Crippen molar-refractivity contribution in [2.75, 3.05) is 6.54 Å². The zero-order valence-electron chi connectivity index (χ0n) is 11.9. The largest absolute Gasteiger partial charge is 0.481 e. The molecule has 0 bridgehead atoms. The Bertz CT molecular complexity index is 420. The van der Waals surface area contributed by atoms with Crippen molar-refractivity contribution in [1.29, 1.82) is 0 Å². The molecule has 0 aliphatic rings. The number of thiophene rings is 1. The van der Waals surface area contributed by atoms with Crippen molar-refractivity contribution in [3.05, 3.63) is 22.4 Å². The number of rotatable bonds is 8. The van der Waals surface area contributed by atoms with Gasteiger partial charge >= 0.3 is 12.0 Å². The first-order valence-corrected chi connectivity index (χ1v) is 7.70. The Balaban J connectivity index is 2.41. The SMILES string of the molecule is CCCC(NC(=O)NCC(C)CC(=O)O)c1cccs1. The number of nitrogens with one attached hydrogen (secondary N) is 2. The van der Waals surface area contributed by atoms with Crippen LogP contribution in [0, 0.1) is 5.92 Å². The van der Waals surface area contributed by atoms with Crippen LogP contribution >= 0.6 is 11.3 Å². The van der Waals surface area contributed by atoms with E-state index >= 15 is 0 Å². The zero-order chi connectivity index (χ0) is 15.0. The first kappa shape index (κ1) is 16.5. The number of aliphatic carboxylic acids is 1. The molecule has 3 N–H and O–H groups in total. The van der Waals surface area contributed by atoms with Gasteiger partial charge < -0.3 is 15.7 Å². The second-order valence-electron chi connectivity index (χ2n) is 4.91. The average Bonchev–Trinajstić information content (AvgIpc) is 2.89. The Labute approximate surface area is 123 Å². The van der Waals surface area contributed by atoms with E-state index in [0.29, 0.717) is 6.54 Å². The van der Waals surface area contributed by atoms with Crippen molar-refractivity contribution in [2.45, 2.75) is 39.2 Å². The molecule has 20 heavy (non-hydrogen) atoms. The van der Waals surface area contributed by atoms with E-state index in [4.69, 9.17) is 5.11 Å². The second kappa shape index (κ2) is 8.58. The van der Waals surface area contributed by atoms with Crippen LogP contribution in [0.25, 0.3) is 0 Å². The molecule has 0 aliphatic heterocycles.